The highest BCUT2D eigenvalue weighted by Gasteiger charge is 2.37. The van der Waals surface area contributed by atoms with Gasteiger partial charge in [0.25, 0.3) is 11.6 Å². The number of non-ortho nitro benzene ring substituents is 1. The van der Waals surface area contributed by atoms with Gasteiger partial charge < -0.3 is 19.5 Å². The maximum absolute atomic E-state index is 14.0. The van der Waals surface area contributed by atoms with E-state index in [1.807, 2.05) is 0 Å². The van der Waals surface area contributed by atoms with Gasteiger partial charge in [-0.2, -0.15) is 5.01 Å². The number of carbonyl (C=O) groups is 3. The van der Waals surface area contributed by atoms with Crippen LogP contribution in [0.15, 0.2) is 97.1 Å². The Balaban J connectivity index is 1.27. The van der Waals surface area contributed by atoms with E-state index in [0.717, 1.165) is 5.01 Å². The molecule has 0 aliphatic carbocycles. The maximum atomic E-state index is 14.0. The Bertz CT molecular complexity index is 2270. The second-order valence-electron chi connectivity index (χ2n) is 12.5. The van der Waals surface area contributed by atoms with Crippen molar-refractivity contribution in [1.82, 2.24) is 9.91 Å². The molecule has 0 bridgehead atoms. The van der Waals surface area contributed by atoms with E-state index in [9.17, 15) is 29.6 Å². The van der Waals surface area contributed by atoms with E-state index in [1.165, 1.54) is 42.2 Å². The number of urea groups is 1. The fourth-order valence-electron chi connectivity index (χ4n) is 6.42. The molecule has 0 radical (unpaired) electrons. The molecule has 5 aromatic carbocycles. The molecule has 3 N–H and O–H groups in total. The predicted octanol–water partition coefficient (Wildman–Crippen LogP) is 7.33. The zero-order valence-electron chi connectivity index (χ0n) is 30.0. The number of rotatable bonds is 11. The number of nitrogens with zero attached hydrogens (tertiary/aromatic N) is 5. The smallest absolute Gasteiger partial charge is 0.419 e. The highest BCUT2D eigenvalue weighted by atomic mass is 35.5. The molecular formula is C39H37ClN6O9. The molecule has 0 saturated carbocycles. The van der Waals surface area contributed by atoms with Crippen LogP contribution in [0, 0.1) is 10.1 Å². The van der Waals surface area contributed by atoms with E-state index in [0.29, 0.717) is 44.0 Å². The number of nitrogens with two attached hydrogens (primary N) is 1. The van der Waals surface area contributed by atoms with Crippen LogP contribution < -0.4 is 25.3 Å². The molecule has 1 atom stereocenters. The fourth-order valence-corrected chi connectivity index (χ4v) is 6.65. The number of imide groups is 1. The van der Waals surface area contributed by atoms with E-state index >= 15 is 0 Å². The molecule has 4 amide bonds. The number of hydrazine groups is 1. The second kappa shape index (κ2) is 16.3. The van der Waals surface area contributed by atoms with E-state index < -0.39 is 29.1 Å². The van der Waals surface area contributed by atoms with Crippen molar-refractivity contribution < 1.29 is 38.7 Å². The molecule has 1 saturated heterocycles. The van der Waals surface area contributed by atoms with Crippen molar-refractivity contribution in [2.75, 3.05) is 37.2 Å². The lowest BCUT2D eigenvalue weighted by molar-refractivity contribution is -0.384. The summed E-state index contributed by atoms with van der Waals surface area (Å²) in [6.45, 7) is 1.84. The zero-order chi connectivity index (χ0) is 39.4. The monoisotopic (exact) mass is 768 g/mol. The number of halogens is 1. The van der Waals surface area contributed by atoms with Crippen molar-refractivity contribution in [3.63, 3.8) is 0 Å². The number of aromatic hydroxyl groups is 1. The number of hydrogen-bond acceptors (Lipinski definition) is 11. The van der Waals surface area contributed by atoms with Gasteiger partial charge in [0.2, 0.25) is 0 Å². The SMILES string of the molecule is CCN(Cc1cc([N+](=O)[O-])ccc1OC(=O)N(C)c1cccc2c(O)c(C(ON)c3ccccc3Cl)ccc12)C(=O)N1C(=O)CCN1c1ccc(OC)cc1. The summed E-state index contributed by atoms with van der Waals surface area (Å²) in [6, 6.07) is 25.1. The molecule has 5 aromatic rings. The van der Waals surface area contributed by atoms with Crippen LogP contribution in [0.4, 0.5) is 26.7 Å². The fraction of sp³-hybridized carbons (Fsp3) is 0.205. The molecule has 0 aromatic heterocycles. The van der Waals surface area contributed by atoms with E-state index in [2.05, 4.69) is 0 Å². The van der Waals surface area contributed by atoms with Crippen LogP contribution in [0.25, 0.3) is 10.8 Å². The van der Waals surface area contributed by atoms with Gasteiger partial charge in [-0.1, -0.05) is 54.1 Å². The first-order chi connectivity index (χ1) is 26.5. The molecule has 1 fully saturated rings. The third-order valence-electron chi connectivity index (χ3n) is 9.32. The summed E-state index contributed by atoms with van der Waals surface area (Å²) >= 11 is 6.40. The summed E-state index contributed by atoms with van der Waals surface area (Å²) in [5.41, 5.74) is 1.71. The third kappa shape index (κ3) is 7.66. The Labute approximate surface area is 320 Å². The summed E-state index contributed by atoms with van der Waals surface area (Å²) in [5.74, 6) is 5.66. The summed E-state index contributed by atoms with van der Waals surface area (Å²) in [6.07, 6.45) is -1.66. The van der Waals surface area contributed by atoms with Gasteiger partial charge in [-0.15, -0.1) is 0 Å². The zero-order valence-corrected chi connectivity index (χ0v) is 30.8. The number of fused-ring (bicyclic) bond motifs is 1. The normalized spacial score (nSPS) is 13.1. The van der Waals surface area contributed by atoms with Gasteiger partial charge in [-0.3, -0.25) is 29.7 Å². The van der Waals surface area contributed by atoms with Crippen LogP contribution in [-0.4, -0.2) is 65.2 Å². The molecule has 6 rings (SSSR count). The lowest BCUT2D eigenvalue weighted by atomic mass is 9.96. The Morgan fingerprint density at radius 1 is 1.00 bits per heavy atom. The molecule has 15 nitrogen and oxygen atoms in total. The first-order valence-electron chi connectivity index (χ1n) is 17.1. The summed E-state index contributed by atoms with van der Waals surface area (Å²) in [4.78, 5) is 59.7. The Morgan fingerprint density at radius 3 is 2.42 bits per heavy atom. The van der Waals surface area contributed by atoms with Crippen molar-refractivity contribution in [3.05, 3.63) is 129 Å². The second-order valence-corrected chi connectivity index (χ2v) is 12.9. The van der Waals surface area contributed by atoms with Crippen LogP contribution in [0.2, 0.25) is 5.02 Å². The van der Waals surface area contributed by atoms with Gasteiger partial charge in [-0.25, -0.2) is 15.5 Å². The quantitative estimate of drug-likeness (QED) is 0.101. The molecule has 55 heavy (non-hydrogen) atoms. The first-order valence-corrected chi connectivity index (χ1v) is 17.5. The van der Waals surface area contributed by atoms with Gasteiger partial charge >= 0.3 is 12.1 Å². The number of phenolic OH excluding ortho intramolecular Hbond substituents is 1. The van der Waals surface area contributed by atoms with Gasteiger partial charge in [0.1, 0.15) is 23.4 Å². The summed E-state index contributed by atoms with van der Waals surface area (Å²) in [7, 11) is 3.00. The summed E-state index contributed by atoms with van der Waals surface area (Å²) < 4.78 is 11.0. The number of benzene rings is 5. The highest BCUT2D eigenvalue weighted by Crippen LogP contribution is 2.41. The van der Waals surface area contributed by atoms with Crippen molar-refractivity contribution in [1.29, 1.82) is 0 Å². The Hall–Kier alpha value is -6.42. The Morgan fingerprint density at radius 2 is 1.75 bits per heavy atom. The maximum Gasteiger partial charge on any atom is 0.419 e. The Kier molecular flexibility index (Phi) is 11.4. The average Bonchev–Trinajstić information content (AvgIpc) is 3.59. The number of anilines is 2. The number of carbonyl (C=O) groups excluding carboxylic acids is 3. The number of nitro groups is 1. The first kappa shape index (κ1) is 38.3. The van der Waals surface area contributed by atoms with Crippen LogP contribution in [-0.2, 0) is 16.2 Å². The minimum atomic E-state index is -0.895. The molecule has 1 aliphatic heterocycles. The molecule has 16 heteroatoms. The van der Waals surface area contributed by atoms with Crippen LogP contribution in [0.1, 0.15) is 36.1 Å². The van der Waals surface area contributed by atoms with Gasteiger partial charge in [0.15, 0.2) is 0 Å². The number of phenols is 1. The molecule has 0 spiro atoms. The number of hydrogen-bond donors (Lipinski definition) is 2. The number of nitro benzene ring substituents is 1. The van der Waals surface area contributed by atoms with Crippen LogP contribution in [0.3, 0.4) is 0 Å². The average molecular weight is 769 g/mol. The number of methoxy groups -OCH3 is 1. The lowest BCUT2D eigenvalue weighted by Crippen LogP contribution is -2.50. The van der Waals surface area contributed by atoms with Crippen molar-refractivity contribution in [2.24, 2.45) is 5.90 Å². The van der Waals surface area contributed by atoms with E-state index in [-0.39, 0.29) is 48.8 Å². The van der Waals surface area contributed by atoms with Crippen molar-refractivity contribution >= 4 is 57.5 Å². The molecular weight excluding hydrogens is 732 g/mol. The summed E-state index contributed by atoms with van der Waals surface area (Å²) in [5, 5.41) is 27.1. The number of amides is 4. The molecule has 1 aliphatic rings. The standard InChI is InChI=1S/C39H37ClN6O9/c1-4-43(38(49)45-35(47)20-21-44(45)25-12-15-27(53-3)16-13-25)23-24-22-26(46(51)52)14-19-34(24)54-39(50)42(2)33-11-7-9-29-28(33)17-18-31(36(29)48)37(55-41)30-8-5-6-10-32(30)40/h5-19,22,37,48H,4,20-21,23,41H2,1-3H3. The minimum absolute atomic E-state index is 0.0403. The third-order valence-corrected chi connectivity index (χ3v) is 9.66. The largest absolute Gasteiger partial charge is 0.507 e. The predicted molar refractivity (Wildman–Crippen MR) is 205 cm³/mol. The van der Waals surface area contributed by atoms with Crippen molar-refractivity contribution in [3.8, 4) is 17.2 Å². The molecule has 284 valence electrons. The van der Waals surface area contributed by atoms with E-state index in [4.69, 9.17) is 31.8 Å². The van der Waals surface area contributed by atoms with Gasteiger partial charge in [-0.05, 0) is 49.4 Å². The lowest BCUT2D eigenvalue weighted by Gasteiger charge is -2.33. The van der Waals surface area contributed by atoms with Crippen LogP contribution >= 0.6 is 11.6 Å². The minimum Gasteiger partial charge on any atom is -0.507 e. The van der Waals surface area contributed by atoms with Gasteiger partial charge in [0, 0.05) is 71.2 Å². The molecule has 1 heterocycles. The van der Waals surface area contributed by atoms with Crippen LogP contribution in [0.5, 0.6) is 17.2 Å². The highest BCUT2D eigenvalue weighted by molar-refractivity contribution is 6.31. The van der Waals surface area contributed by atoms with Gasteiger partial charge in [0.05, 0.1) is 30.0 Å². The number of ether oxygens (including phenoxy) is 2. The van der Waals surface area contributed by atoms with Crippen molar-refractivity contribution in [2.45, 2.75) is 26.0 Å². The van der Waals surface area contributed by atoms with E-state index in [1.54, 1.807) is 90.8 Å². The topological polar surface area (TPSA) is 181 Å². The molecule has 1 unspecified atom stereocenters.